The molecule has 4 aromatic rings. The fourth-order valence-corrected chi connectivity index (χ4v) is 4.75. The summed E-state index contributed by atoms with van der Waals surface area (Å²) in [4.78, 5) is 17.0. The minimum absolute atomic E-state index is 0.159. The van der Waals surface area contributed by atoms with Crippen molar-refractivity contribution in [1.82, 2.24) is 19.7 Å². The molecule has 0 unspecified atom stereocenters. The van der Waals surface area contributed by atoms with Crippen molar-refractivity contribution in [1.29, 1.82) is 0 Å². The van der Waals surface area contributed by atoms with Crippen LogP contribution in [0.15, 0.2) is 76.2 Å². The Bertz CT molecular complexity index is 1240. The first-order valence-corrected chi connectivity index (χ1v) is 12.5. The summed E-state index contributed by atoms with van der Waals surface area (Å²) in [6.45, 7) is 4.34. The number of carbonyl (C=O) groups is 1. The van der Waals surface area contributed by atoms with Crippen molar-refractivity contribution in [3.8, 4) is 22.6 Å². The molecule has 0 bridgehead atoms. The van der Waals surface area contributed by atoms with E-state index in [1.165, 1.54) is 23.1 Å². The van der Waals surface area contributed by atoms with Gasteiger partial charge in [0, 0.05) is 32.5 Å². The predicted octanol–water partition coefficient (Wildman–Crippen LogP) is 6.40. The van der Waals surface area contributed by atoms with Gasteiger partial charge in [-0.2, -0.15) is 0 Å². The van der Waals surface area contributed by atoms with E-state index in [1.54, 1.807) is 18.2 Å². The summed E-state index contributed by atoms with van der Waals surface area (Å²) in [5.41, 5.74) is 2.71. The molecule has 10 heteroatoms. The molecule has 0 saturated heterocycles. The van der Waals surface area contributed by atoms with Gasteiger partial charge in [-0.25, -0.2) is 4.98 Å². The Balaban J connectivity index is 1.41. The Labute approximate surface area is 206 Å². The van der Waals surface area contributed by atoms with Gasteiger partial charge in [-0.15, -0.1) is 28.1 Å². The molecule has 1 amide bonds. The lowest BCUT2D eigenvalue weighted by Crippen LogP contribution is -2.14. The molecule has 2 heterocycles. The van der Waals surface area contributed by atoms with Gasteiger partial charge in [0.05, 0.1) is 11.4 Å². The van der Waals surface area contributed by atoms with Crippen molar-refractivity contribution in [2.24, 2.45) is 0 Å². The molecular weight excluding hydrogens is 530 g/mol. The number of carbonyl (C=O) groups excluding carboxylic acids is 1. The molecule has 6 nitrogen and oxygen atoms in total. The molecule has 1 N–H and O–H groups in total. The average molecular weight is 547 g/mol. The highest BCUT2D eigenvalue weighted by Gasteiger charge is 2.16. The zero-order valence-electron chi connectivity index (χ0n) is 16.7. The second kappa shape index (κ2) is 10.4. The summed E-state index contributed by atoms with van der Waals surface area (Å²) in [6.07, 6.45) is 1.77. The third-order valence-electron chi connectivity index (χ3n) is 4.35. The van der Waals surface area contributed by atoms with E-state index in [1.807, 2.05) is 46.3 Å². The van der Waals surface area contributed by atoms with Crippen molar-refractivity contribution in [3.05, 3.63) is 76.1 Å². The van der Waals surface area contributed by atoms with E-state index in [0.29, 0.717) is 27.7 Å². The highest BCUT2D eigenvalue weighted by molar-refractivity contribution is 9.10. The van der Waals surface area contributed by atoms with Crippen LogP contribution < -0.4 is 5.32 Å². The van der Waals surface area contributed by atoms with E-state index < -0.39 is 0 Å². The first kappa shape index (κ1) is 22.7. The van der Waals surface area contributed by atoms with Crippen LogP contribution >= 0.6 is 50.6 Å². The van der Waals surface area contributed by atoms with E-state index in [0.717, 1.165) is 21.3 Å². The molecule has 0 atom stereocenters. The third-order valence-corrected chi connectivity index (χ3v) is 6.86. The van der Waals surface area contributed by atoms with E-state index in [9.17, 15) is 4.79 Å². The maximum absolute atomic E-state index is 12.5. The SMILES string of the molecule is C=CCn1c(SCC(=O)Nc2nc(-c3ccc(Br)cc3)cs2)nnc1-c1ccc(Cl)cc1. The number of nitrogens with one attached hydrogen (secondary N) is 1. The molecular formula is C22H17BrClN5OS2. The van der Waals surface area contributed by atoms with Crippen molar-refractivity contribution >= 4 is 61.7 Å². The highest BCUT2D eigenvalue weighted by atomic mass is 79.9. The number of hydrogen-bond acceptors (Lipinski definition) is 6. The van der Waals surface area contributed by atoms with Crippen LogP contribution in [0.2, 0.25) is 5.02 Å². The topological polar surface area (TPSA) is 72.7 Å². The summed E-state index contributed by atoms with van der Waals surface area (Å²) in [7, 11) is 0. The van der Waals surface area contributed by atoms with Crippen LogP contribution in [0, 0.1) is 0 Å². The molecule has 0 spiro atoms. The summed E-state index contributed by atoms with van der Waals surface area (Å²) >= 11 is 12.1. The first-order chi connectivity index (χ1) is 15.5. The number of halogens is 2. The molecule has 4 rings (SSSR count). The number of amides is 1. The van der Waals surface area contributed by atoms with Gasteiger partial charge in [0.2, 0.25) is 5.91 Å². The van der Waals surface area contributed by atoms with E-state index >= 15 is 0 Å². The number of allylic oxidation sites excluding steroid dienone is 1. The van der Waals surface area contributed by atoms with Gasteiger partial charge >= 0.3 is 0 Å². The maximum Gasteiger partial charge on any atom is 0.236 e. The Morgan fingerprint density at radius 2 is 1.88 bits per heavy atom. The van der Waals surface area contributed by atoms with Crippen molar-refractivity contribution < 1.29 is 4.79 Å². The van der Waals surface area contributed by atoms with Crippen molar-refractivity contribution in [2.45, 2.75) is 11.7 Å². The van der Waals surface area contributed by atoms with E-state index in [4.69, 9.17) is 11.6 Å². The zero-order chi connectivity index (χ0) is 22.5. The molecule has 162 valence electrons. The molecule has 2 aromatic heterocycles. The molecule has 0 aliphatic carbocycles. The number of thiazole rings is 1. The zero-order valence-corrected chi connectivity index (χ0v) is 20.6. The number of benzene rings is 2. The fourth-order valence-electron chi connectivity index (χ4n) is 2.87. The van der Waals surface area contributed by atoms with Crippen LogP contribution in [-0.2, 0) is 11.3 Å². The lowest BCUT2D eigenvalue weighted by molar-refractivity contribution is -0.113. The lowest BCUT2D eigenvalue weighted by Gasteiger charge is -2.07. The summed E-state index contributed by atoms with van der Waals surface area (Å²) < 4.78 is 2.93. The number of nitrogens with zero attached hydrogens (tertiary/aromatic N) is 4. The molecule has 0 radical (unpaired) electrons. The van der Waals surface area contributed by atoms with Crippen LogP contribution in [0.5, 0.6) is 0 Å². The van der Waals surface area contributed by atoms with Crippen LogP contribution in [-0.4, -0.2) is 31.4 Å². The van der Waals surface area contributed by atoms with Gasteiger partial charge in [0.25, 0.3) is 0 Å². The number of thioether (sulfide) groups is 1. The number of rotatable bonds is 8. The van der Waals surface area contributed by atoms with Crippen molar-refractivity contribution in [3.63, 3.8) is 0 Å². The molecule has 0 aliphatic heterocycles. The summed E-state index contributed by atoms with van der Waals surface area (Å²) in [6, 6.07) is 15.3. The minimum Gasteiger partial charge on any atom is -0.301 e. The number of aromatic nitrogens is 4. The standard InChI is InChI=1S/C22H17BrClN5OS2/c1-2-11-29-20(15-5-9-17(24)10-6-15)27-28-22(29)32-13-19(30)26-21-25-18(12-31-21)14-3-7-16(23)8-4-14/h2-10,12H,1,11,13H2,(H,25,26,30). The van der Waals surface area contributed by atoms with Gasteiger partial charge in [-0.3, -0.25) is 9.36 Å². The molecule has 2 aromatic carbocycles. The molecule has 32 heavy (non-hydrogen) atoms. The van der Waals surface area contributed by atoms with E-state index in [2.05, 4.69) is 43.0 Å². The smallest absolute Gasteiger partial charge is 0.236 e. The Morgan fingerprint density at radius 1 is 1.16 bits per heavy atom. The second-order valence-corrected chi connectivity index (χ2v) is 9.75. The molecule has 0 aliphatic rings. The summed E-state index contributed by atoms with van der Waals surface area (Å²) in [5.74, 6) is 0.722. The normalized spacial score (nSPS) is 10.8. The van der Waals surface area contributed by atoms with Crippen LogP contribution in [0.1, 0.15) is 0 Å². The van der Waals surface area contributed by atoms with Crippen molar-refractivity contribution in [2.75, 3.05) is 11.1 Å². The monoisotopic (exact) mass is 545 g/mol. The second-order valence-electron chi connectivity index (χ2n) is 6.59. The first-order valence-electron chi connectivity index (χ1n) is 9.47. The highest BCUT2D eigenvalue weighted by Crippen LogP contribution is 2.28. The van der Waals surface area contributed by atoms with Gasteiger partial charge in [-0.05, 0) is 36.4 Å². The molecule has 0 fully saturated rings. The largest absolute Gasteiger partial charge is 0.301 e. The Morgan fingerprint density at radius 3 is 2.59 bits per heavy atom. The fraction of sp³-hybridized carbons (Fsp3) is 0.0909. The third kappa shape index (κ3) is 5.47. The van der Waals surface area contributed by atoms with Gasteiger partial charge < -0.3 is 5.32 Å². The van der Waals surface area contributed by atoms with E-state index in [-0.39, 0.29) is 11.7 Å². The molecule has 0 saturated carbocycles. The van der Waals surface area contributed by atoms with Crippen LogP contribution in [0.4, 0.5) is 5.13 Å². The number of hydrogen-bond donors (Lipinski definition) is 1. The predicted molar refractivity (Wildman–Crippen MR) is 135 cm³/mol. The Hall–Kier alpha value is -2.46. The average Bonchev–Trinajstić information content (AvgIpc) is 3.41. The van der Waals surface area contributed by atoms with Gasteiger partial charge in [0.15, 0.2) is 16.1 Å². The summed E-state index contributed by atoms with van der Waals surface area (Å²) in [5, 5.41) is 15.2. The quantitative estimate of drug-likeness (QED) is 0.204. The van der Waals surface area contributed by atoms with Crippen LogP contribution in [0.25, 0.3) is 22.6 Å². The van der Waals surface area contributed by atoms with Gasteiger partial charge in [0.1, 0.15) is 0 Å². The van der Waals surface area contributed by atoms with Crippen LogP contribution in [0.3, 0.4) is 0 Å². The number of anilines is 1. The Kier molecular flexibility index (Phi) is 7.41. The maximum atomic E-state index is 12.5. The van der Waals surface area contributed by atoms with Gasteiger partial charge in [-0.1, -0.05) is 57.5 Å². The lowest BCUT2D eigenvalue weighted by atomic mass is 10.2. The minimum atomic E-state index is -0.159.